The molecular weight excluding hydrogens is 226 g/mol. The molecule has 0 N–H and O–H groups in total. The number of hydrogen-bond donors (Lipinski definition) is 0. The third-order valence-corrected chi connectivity index (χ3v) is 3.41. The van der Waals surface area contributed by atoms with Gasteiger partial charge in [0, 0.05) is 23.8 Å². The highest BCUT2D eigenvalue weighted by molar-refractivity contribution is 5.66. The lowest BCUT2D eigenvalue weighted by atomic mass is 10.1. The van der Waals surface area contributed by atoms with Gasteiger partial charge in [-0.2, -0.15) is 4.98 Å². The Kier molecular flexibility index (Phi) is 2.58. The monoisotopic (exact) mass is 243 g/mol. The van der Waals surface area contributed by atoms with Crippen LogP contribution in [0.5, 0.6) is 0 Å². The lowest BCUT2D eigenvalue weighted by Crippen LogP contribution is -2.28. The van der Waals surface area contributed by atoms with Gasteiger partial charge in [0.1, 0.15) is 0 Å². The van der Waals surface area contributed by atoms with Gasteiger partial charge >= 0.3 is 0 Å². The normalized spacial score (nSPS) is 14.3. The zero-order valence-corrected chi connectivity index (χ0v) is 11.0. The predicted molar refractivity (Wildman–Crippen MR) is 70.7 cm³/mol. The van der Waals surface area contributed by atoms with Crippen LogP contribution in [0.2, 0.25) is 0 Å². The molecule has 1 aromatic heterocycles. The van der Waals surface area contributed by atoms with Crippen LogP contribution >= 0.6 is 0 Å². The van der Waals surface area contributed by atoms with Gasteiger partial charge in [-0.25, -0.2) is 0 Å². The molecule has 0 bridgehead atoms. The fraction of sp³-hybridized carbons (Fsp3) is 0.429. The summed E-state index contributed by atoms with van der Waals surface area (Å²) in [7, 11) is 0. The molecule has 0 amide bonds. The minimum atomic E-state index is 0.544. The van der Waals surface area contributed by atoms with E-state index in [-0.39, 0.29) is 0 Å². The summed E-state index contributed by atoms with van der Waals surface area (Å²) in [5, 5.41) is 3.83. The summed E-state index contributed by atoms with van der Waals surface area (Å²) in [6.45, 7) is 7.38. The van der Waals surface area contributed by atoms with E-state index in [1.54, 1.807) is 0 Å². The van der Waals surface area contributed by atoms with Gasteiger partial charge in [-0.15, -0.1) is 0 Å². The minimum Gasteiger partial charge on any atom is -0.369 e. The van der Waals surface area contributed by atoms with E-state index < -0.39 is 0 Å². The number of aryl methyl sites for hydroxylation is 1. The molecule has 1 aromatic carbocycles. The van der Waals surface area contributed by atoms with Crippen molar-refractivity contribution >= 4 is 5.69 Å². The zero-order valence-electron chi connectivity index (χ0n) is 11.0. The van der Waals surface area contributed by atoms with Crippen molar-refractivity contribution < 1.29 is 4.52 Å². The molecule has 0 spiro atoms. The molecule has 4 heteroatoms. The van der Waals surface area contributed by atoms with E-state index in [9.17, 15) is 0 Å². The Labute approximate surface area is 107 Å². The molecule has 0 radical (unpaired) electrons. The van der Waals surface area contributed by atoms with E-state index >= 15 is 0 Å². The van der Waals surface area contributed by atoms with Gasteiger partial charge in [-0.1, -0.05) is 5.16 Å². The van der Waals surface area contributed by atoms with Crippen LogP contribution < -0.4 is 4.90 Å². The van der Waals surface area contributed by atoms with E-state index in [1.165, 1.54) is 11.3 Å². The quantitative estimate of drug-likeness (QED) is 0.813. The summed E-state index contributed by atoms with van der Waals surface area (Å²) >= 11 is 0. The molecule has 1 aliphatic rings. The zero-order chi connectivity index (χ0) is 12.7. The Morgan fingerprint density at radius 3 is 2.83 bits per heavy atom. The van der Waals surface area contributed by atoms with Crippen LogP contribution in [0.4, 0.5) is 5.69 Å². The Morgan fingerprint density at radius 2 is 2.17 bits per heavy atom. The van der Waals surface area contributed by atoms with Gasteiger partial charge < -0.3 is 9.42 Å². The van der Waals surface area contributed by atoms with Crippen LogP contribution in [0.25, 0.3) is 11.5 Å². The van der Waals surface area contributed by atoms with Crippen LogP contribution in [0, 0.1) is 6.92 Å². The smallest absolute Gasteiger partial charge is 0.257 e. The van der Waals surface area contributed by atoms with Gasteiger partial charge in [0.05, 0.1) is 0 Å². The van der Waals surface area contributed by atoms with Gasteiger partial charge in [0.15, 0.2) is 5.82 Å². The van der Waals surface area contributed by atoms with E-state index in [0.717, 1.165) is 18.5 Å². The summed E-state index contributed by atoms with van der Waals surface area (Å²) in [5.41, 5.74) is 3.72. The Hall–Kier alpha value is -1.84. The van der Waals surface area contributed by atoms with Crippen LogP contribution in [0.3, 0.4) is 0 Å². The van der Waals surface area contributed by atoms with Crippen molar-refractivity contribution in [3.63, 3.8) is 0 Å². The van der Waals surface area contributed by atoms with Gasteiger partial charge in [0.2, 0.25) is 0 Å². The van der Waals surface area contributed by atoms with Crippen LogP contribution in [-0.2, 0) is 6.42 Å². The first kappa shape index (κ1) is 11.3. The number of nitrogens with zero attached hydrogens (tertiary/aromatic N) is 3. The van der Waals surface area contributed by atoms with Crippen molar-refractivity contribution in [2.24, 2.45) is 0 Å². The maximum atomic E-state index is 5.21. The molecule has 4 nitrogen and oxygen atoms in total. The Balaban J connectivity index is 1.98. The van der Waals surface area contributed by atoms with E-state index in [4.69, 9.17) is 4.52 Å². The fourth-order valence-electron chi connectivity index (χ4n) is 2.51. The second-order valence-corrected chi connectivity index (χ2v) is 5.03. The average Bonchev–Trinajstić information content (AvgIpc) is 2.93. The van der Waals surface area contributed by atoms with Crippen LogP contribution in [0.15, 0.2) is 22.7 Å². The largest absolute Gasteiger partial charge is 0.369 e. The summed E-state index contributed by atoms with van der Waals surface area (Å²) < 4.78 is 5.21. The van der Waals surface area contributed by atoms with E-state index in [2.05, 4.69) is 47.1 Å². The highest BCUT2D eigenvalue weighted by Gasteiger charge is 2.22. The number of rotatable bonds is 2. The molecular formula is C14H17N3O. The molecule has 18 heavy (non-hydrogen) atoms. The maximum Gasteiger partial charge on any atom is 0.257 e. The predicted octanol–water partition coefficient (Wildman–Crippen LogP) is 2.82. The minimum absolute atomic E-state index is 0.544. The van der Waals surface area contributed by atoms with Gasteiger partial charge in [0.25, 0.3) is 5.89 Å². The third kappa shape index (κ3) is 1.78. The number of fused-ring (bicyclic) bond motifs is 1. The summed E-state index contributed by atoms with van der Waals surface area (Å²) in [4.78, 5) is 6.70. The molecule has 0 saturated heterocycles. The van der Waals surface area contributed by atoms with Crippen LogP contribution in [0.1, 0.15) is 25.2 Å². The van der Waals surface area contributed by atoms with Crippen molar-refractivity contribution in [3.8, 4) is 11.5 Å². The molecule has 0 saturated carbocycles. The first-order chi connectivity index (χ1) is 8.65. The average molecular weight is 243 g/mol. The molecule has 1 aliphatic heterocycles. The van der Waals surface area contributed by atoms with Gasteiger partial charge in [-0.05, 0) is 51.0 Å². The standard InChI is InChI=1S/C14H17N3O/c1-9(2)17-7-6-11-8-12(4-5-13(11)17)14-15-10(3)16-18-14/h4-5,8-9H,6-7H2,1-3H3. The van der Waals surface area contributed by atoms with Crippen molar-refractivity contribution in [2.45, 2.75) is 33.2 Å². The lowest BCUT2D eigenvalue weighted by Gasteiger charge is -2.23. The number of anilines is 1. The van der Waals surface area contributed by atoms with Crippen molar-refractivity contribution in [2.75, 3.05) is 11.4 Å². The van der Waals surface area contributed by atoms with E-state index in [0.29, 0.717) is 17.8 Å². The second-order valence-electron chi connectivity index (χ2n) is 5.03. The SMILES string of the molecule is Cc1noc(-c2ccc3c(c2)CCN3C(C)C)n1. The molecule has 0 unspecified atom stereocenters. The molecule has 0 atom stereocenters. The van der Waals surface area contributed by atoms with Gasteiger partial charge in [-0.3, -0.25) is 0 Å². The first-order valence-corrected chi connectivity index (χ1v) is 6.35. The Morgan fingerprint density at radius 1 is 1.33 bits per heavy atom. The van der Waals surface area contributed by atoms with Crippen molar-refractivity contribution in [3.05, 3.63) is 29.6 Å². The molecule has 2 heterocycles. The van der Waals surface area contributed by atoms with Crippen molar-refractivity contribution in [1.82, 2.24) is 10.1 Å². The number of aromatic nitrogens is 2. The third-order valence-electron chi connectivity index (χ3n) is 3.41. The fourth-order valence-corrected chi connectivity index (χ4v) is 2.51. The topological polar surface area (TPSA) is 42.2 Å². The molecule has 0 fully saturated rings. The van der Waals surface area contributed by atoms with Crippen molar-refractivity contribution in [1.29, 1.82) is 0 Å². The second kappa shape index (κ2) is 4.12. The maximum absolute atomic E-state index is 5.21. The molecule has 2 aromatic rings. The highest BCUT2D eigenvalue weighted by Crippen LogP contribution is 2.32. The molecule has 3 rings (SSSR count). The van der Waals surface area contributed by atoms with E-state index in [1.807, 2.05) is 6.92 Å². The number of hydrogen-bond acceptors (Lipinski definition) is 4. The summed E-state index contributed by atoms with van der Waals surface area (Å²) in [6, 6.07) is 6.94. The van der Waals surface area contributed by atoms with Crippen LogP contribution in [-0.4, -0.2) is 22.7 Å². The Bertz CT molecular complexity index is 574. The highest BCUT2D eigenvalue weighted by atomic mass is 16.5. The molecule has 94 valence electrons. The number of benzene rings is 1. The summed E-state index contributed by atoms with van der Waals surface area (Å²) in [6.07, 6.45) is 1.09. The summed E-state index contributed by atoms with van der Waals surface area (Å²) in [5.74, 6) is 1.28. The molecule has 0 aliphatic carbocycles. The lowest BCUT2D eigenvalue weighted by molar-refractivity contribution is 0.425. The first-order valence-electron chi connectivity index (χ1n) is 6.35.